The highest BCUT2D eigenvalue weighted by molar-refractivity contribution is 4.90. The second-order valence-corrected chi connectivity index (χ2v) is 6.07. The molecule has 0 aromatic carbocycles. The molecule has 3 heteroatoms. The number of ether oxygens (including phenoxy) is 1. The monoisotopic (exact) mass is 242 g/mol. The van der Waals surface area contributed by atoms with E-state index in [0.29, 0.717) is 30.0 Å². The molecule has 1 saturated heterocycles. The maximum absolute atomic E-state index is 5.40. The maximum Gasteiger partial charge on any atom is 0.0620 e. The standard InChI is InChI=1S/C14H30N2O/c1-10(2)13-8-16(12(5)7-15-13)14(9-17-6)11(3)4/h10-15H,7-9H2,1-6H3. The zero-order valence-electron chi connectivity index (χ0n) is 12.4. The topological polar surface area (TPSA) is 24.5 Å². The van der Waals surface area contributed by atoms with Gasteiger partial charge in [-0.2, -0.15) is 0 Å². The van der Waals surface area contributed by atoms with Gasteiger partial charge < -0.3 is 10.1 Å². The van der Waals surface area contributed by atoms with Gasteiger partial charge in [0.15, 0.2) is 0 Å². The molecule has 1 fully saturated rings. The Kier molecular flexibility index (Phi) is 5.90. The molecule has 1 aliphatic rings. The van der Waals surface area contributed by atoms with Crippen LogP contribution >= 0.6 is 0 Å². The van der Waals surface area contributed by atoms with Gasteiger partial charge in [0.05, 0.1) is 6.61 Å². The predicted octanol–water partition coefficient (Wildman–Crippen LogP) is 1.98. The molecule has 3 unspecified atom stereocenters. The Morgan fingerprint density at radius 2 is 1.94 bits per heavy atom. The number of methoxy groups -OCH3 is 1. The summed E-state index contributed by atoms with van der Waals surface area (Å²) >= 11 is 0. The smallest absolute Gasteiger partial charge is 0.0620 e. The fraction of sp³-hybridized carbons (Fsp3) is 1.00. The van der Waals surface area contributed by atoms with Crippen molar-refractivity contribution in [2.24, 2.45) is 11.8 Å². The van der Waals surface area contributed by atoms with E-state index in [1.165, 1.54) is 0 Å². The zero-order valence-corrected chi connectivity index (χ0v) is 12.4. The highest BCUT2D eigenvalue weighted by atomic mass is 16.5. The summed E-state index contributed by atoms with van der Waals surface area (Å²) in [7, 11) is 1.81. The third kappa shape index (κ3) is 3.94. The second-order valence-electron chi connectivity index (χ2n) is 6.07. The average molecular weight is 242 g/mol. The van der Waals surface area contributed by atoms with Crippen LogP contribution in [0, 0.1) is 11.8 Å². The first kappa shape index (κ1) is 14.9. The number of nitrogens with one attached hydrogen (secondary N) is 1. The van der Waals surface area contributed by atoms with E-state index in [2.05, 4.69) is 44.8 Å². The van der Waals surface area contributed by atoms with Crippen molar-refractivity contribution < 1.29 is 4.74 Å². The van der Waals surface area contributed by atoms with Crippen LogP contribution in [0.1, 0.15) is 34.6 Å². The van der Waals surface area contributed by atoms with Crippen LogP contribution in [-0.4, -0.2) is 49.8 Å². The quantitative estimate of drug-likeness (QED) is 0.798. The van der Waals surface area contributed by atoms with E-state index in [9.17, 15) is 0 Å². The van der Waals surface area contributed by atoms with Crippen molar-refractivity contribution in [2.45, 2.75) is 52.7 Å². The molecule has 1 N–H and O–H groups in total. The Hall–Kier alpha value is -0.120. The summed E-state index contributed by atoms with van der Waals surface area (Å²) in [4.78, 5) is 2.63. The molecule has 3 atom stereocenters. The Labute approximate surface area is 107 Å². The minimum Gasteiger partial charge on any atom is -0.383 e. The van der Waals surface area contributed by atoms with E-state index in [0.717, 1.165) is 19.7 Å². The van der Waals surface area contributed by atoms with E-state index < -0.39 is 0 Å². The van der Waals surface area contributed by atoms with Crippen LogP contribution in [0.5, 0.6) is 0 Å². The fourth-order valence-electron chi connectivity index (χ4n) is 2.66. The van der Waals surface area contributed by atoms with Crippen LogP contribution in [0.3, 0.4) is 0 Å². The molecule has 0 radical (unpaired) electrons. The Morgan fingerprint density at radius 1 is 1.29 bits per heavy atom. The highest BCUT2D eigenvalue weighted by Crippen LogP contribution is 2.20. The minimum atomic E-state index is 0.540. The van der Waals surface area contributed by atoms with E-state index in [1.807, 2.05) is 7.11 Å². The molecular weight excluding hydrogens is 212 g/mol. The van der Waals surface area contributed by atoms with Gasteiger partial charge in [-0.1, -0.05) is 27.7 Å². The largest absolute Gasteiger partial charge is 0.383 e. The second kappa shape index (κ2) is 6.72. The van der Waals surface area contributed by atoms with Gasteiger partial charge in [-0.25, -0.2) is 0 Å². The molecule has 102 valence electrons. The molecule has 3 nitrogen and oxygen atoms in total. The molecule has 17 heavy (non-hydrogen) atoms. The first-order valence-electron chi connectivity index (χ1n) is 6.95. The Morgan fingerprint density at radius 3 is 2.41 bits per heavy atom. The molecule has 1 aliphatic heterocycles. The summed E-state index contributed by atoms with van der Waals surface area (Å²) in [6, 6.07) is 1.76. The molecule has 1 rings (SSSR count). The normalized spacial score (nSPS) is 28.9. The Balaban J connectivity index is 2.69. The van der Waals surface area contributed by atoms with Gasteiger partial charge in [0.1, 0.15) is 0 Å². The van der Waals surface area contributed by atoms with Crippen molar-refractivity contribution in [3.8, 4) is 0 Å². The zero-order chi connectivity index (χ0) is 13.0. The van der Waals surface area contributed by atoms with Gasteiger partial charge in [-0.15, -0.1) is 0 Å². The van der Waals surface area contributed by atoms with Crippen molar-refractivity contribution in [3.05, 3.63) is 0 Å². The van der Waals surface area contributed by atoms with Gasteiger partial charge >= 0.3 is 0 Å². The predicted molar refractivity (Wildman–Crippen MR) is 73.3 cm³/mol. The van der Waals surface area contributed by atoms with Crippen LogP contribution in [0.25, 0.3) is 0 Å². The number of hydrogen-bond donors (Lipinski definition) is 1. The lowest BCUT2D eigenvalue weighted by molar-refractivity contribution is 0.0120. The van der Waals surface area contributed by atoms with Gasteiger partial charge in [0.2, 0.25) is 0 Å². The van der Waals surface area contributed by atoms with Crippen molar-refractivity contribution in [2.75, 3.05) is 26.8 Å². The summed E-state index contributed by atoms with van der Waals surface area (Å²) in [6.07, 6.45) is 0. The van der Waals surface area contributed by atoms with E-state index in [-0.39, 0.29) is 0 Å². The molecule has 0 aromatic heterocycles. The van der Waals surface area contributed by atoms with Gasteiger partial charge in [0, 0.05) is 38.3 Å². The third-order valence-corrected chi connectivity index (χ3v) is 3.99. The summed E-state index contributed by atoms with van der Waals surface area (Å²) in [5.41, 5.74) is 0. The molecule has 1 heterocycles. The maximum atomic E-state index is 5.40. The lowest BCUT2D eigenvalue weighted by Crippen LogP contribution is -2.61. The average Bonchev–Trinajstić information content (AvgIpc) is 2.26. The molecule has 0 aliphatic carbocycles. The van der Waals surface area contributed by atoms with E-state index >= 15 is 0 Å². The number of piperazine rings is 1. The Bertz CT molecular complexity index is 218. The van der Waals surface area contributed by atoms with Gasteiger partial charge in [-0.05, 0) is 18.8 Å². The SMILES string of the molecule is COCC(C(C)C)N1CC(C(C)C)NCC1C. The van der Waals surface area contributed by atoms with Crippen LogP contribution in [-0.2, 0) is 4.74 Å². The van der Waals surface area contributed by atoms with Crippen molar-refractivity contribution in [1.82, 2.24) is 10.2 Å². The number of nitrogens with zero attached hydrogens (tertiary/aromatic N) is 1. The van der Waals surface area contributed by atoms with E-state index in [1.54, 1.807) is 0 Å². The first-order valence-corrected chi connectivity index (χ1v) is 6.95. The number of hydrogen-bond acceptors (Lipinski definition) is 3. The van der Waals surface area contributed by atoms with Crippen molar-refractivity contribution in [3.63, 3.8) is 0 Å². The molecule has 0 spiro atoms. The molecule has 0 saturated carbocycles. The minimum absolute atomic E-state index is 0.540. The molecule has 0 amide bonds. The van der Waals surface area contributed by atoms with Crippen LogP contribution in [0.2, 0.25) is 0 Å². The molecule has 0 bridgehead atoms. The lowest BCUT2D eigenvalue weighted by Gasteiger charge is -2.45. The third-order valence-electron chi connectivity index (χ3n) is 3.99. The summed E-state index contributed by atoms with van der Waals surface area (Å²) in [5.74, 6) is 1.34. The summed E-state index contributed by atoms with van der Waals surface area (Å²) in [5, 5.41) is 3.65. The van der Waals surface area contributed by atoms with Crippen molar-refractivity contribution in [1.29, 1.82) is 0 Å². The summed E-state index contributed by atoms with van der Waals surface area (Å²) < 4.78 is 5.40. The van der Waals surface area contributed by atoms with Gasteiger partial charge in [-0.3, -0.25) is 4.90 Å². The molecular formula is C14H30N2O. The molecule has 0 aromatic rings. The lowest BCUT2D eigenvalue weighted by atomic mass is 9.95. The van der Waals surface area contributed by atoms with Crippen LogP contribution in [0.15, 0.2) is 0 Å². The fourth-order valence-corrected chi connectivity index (χ4v) is 2.66. The van der Waals surface area contributed by atoms with Gasteiger partial charge in [0.25, 0.3) is 0 Å². The highest BCUT2D eigenvalue weighted by Gasteiger charge is 2.32. The summed E-state index contributed by atoms with van der Waals surface area (Å²) in [6.45, 7) is 14.6. The van der Waals surface area contributed by atoms with Crippen molar-refractivity contribution >= 4 is 0 Å². The first-order chi connectivity index (χ1) is 7.97. The van der Waals surface area contributed by atoms with Crippen LogP contribution < -0.4 is 5.32 Å². The number of rotatable bonds is 5. The van der Waals surface area contributed by atoms with Crippen LogP contribution in [0.4, 0.5) is 0 Å². The van der Waals surface area contributed by atoms with E-state index in [4.69, 9.17) is 4.74 Å².